The van der Waals surface area contributed by atoms with Gasteiger partial charge in [0.2, 0.25) is 5.91 Å². The minimum absolute atomic E-state index is 0.0312. The molecule has 0 spiro atoms. The summed E-state index contributed by atoms with van der Waals surface area (Å²) in [7, 11) is 0. The largest absolute Gasteiger partial charge is 0.481 e. The van der Waals surface area contributed by atoms with Gasteiger partial charge in [0.25, 0.3) is 0 Å². The monoisotopic (exact) mass is 231 g/mol. The van der Waals surface area contributed by atoms with E-state index in [1.807, 2.05) is 0 Å². The Bertz CT molecular complexity index is 264. The molecular formula is C10H17NO5. The van der Waals surface area contributed by atoms with Crippen LogP contribution in [-0.2, 0) is 14.4 Å². The summed E-state index contributed by atoms with van der Waals surface area (Å²) in [5.74, 6) is -2.29. The molecule has 6 heteroatoms. The second-order valence-electron chi connectivity index (χ2n) is 3.47. The van der Waals surface area contributed by atoms with Crippen molar-refractivity contribution in [2.24, 2.45) is 0 Å². The third kappa shape index (κ3) is 6.80. The molecule has 0 aromatic carbocycles. The maximum Gasteiger partial charge on any atom is 0.326 e. The highest BCUT2D eigenvalue weighted by Crippen LogP contribution is 2.01. The molecule has 1 amide bonds. The molecule has 0 heterocycles. The average Bonchev–Trinajstić information content (AvgIpc) is 2.20. The summed E-state index contributed by atoms with van der Waals surface area (Å²) < 4.78 is 0. The van der Waals surface area contributed by atoms with E-state index in [-0.39, 0.29) is 18.7 Å². The Morgan fingerprint density at radius 3 is 2.12 bits per heavy atom. The van der Waals surface area contributed by atoms with Crippen LogP contribution in [0.3, 0.4) is 0 Å². The number of carboxylic acids is 2. The number of amides is 1. The highest BCUT2D eigenvalue weighted by Gasteiger charge is 2.16. The Morgan fingerprint density at radius 1 is 1.12 bits per heavy atom. The molecule has 0 radical (unpaired) electrons. The summed E-state index contributed by atoms with van der Waals surface area (Å²) in [6.45, 7) is 1.67. The lowest BCUT2D eigenvalue weighted by molar-refractivity contribution is -0.141. The highest BCUT2D eigenvalue weighted by atomic mass is 16.4. The number of carboxylic acid groups (broad SMARTS) is 2. The normalized spacial score (nSPS) is 11.8. The van der Waals surface area contributed by atoms with E-state index in [1.165, 1.54) is 0 Å². The molecule has 0 saturated carbocycles. The second-order valence-corrected chi connectivity index (χ2v) is 3.47. The van der Waals surface area contributed by atoms with Crippen molar-refractivity contribution in [2.45, 2.75) is 45.1 Å². The first-order chi connectivity index (χ1) is 7.47. The van der Waals surface area contributed by atoms with Crippen LogP contribution in [0, 0.1) is 0 Å². The number of unbranched alkanes of at least 4 members (excludes halogenated alkanes) is 1. The Kier molecular flexibility index (Phi) is 6.91. The minimum atomic E-state index is -1.05. The third-order valence-corrected chi connectivity index (χ3v) is 2.09. The number of aliphatic carboxylic acids is 2. The van der Waals surface area contributed by atoms with Gasteiger partial charge in [0, 0.05) is 12.8 Å². The van der Waals surface area contributed by atoms with Gasteiger partial charge in [0.05, 0.1) is 0 Å². The van der Waals surface area contributed by atoms with Gasteiger partial charge in [-0.1, -0.05) is 6.92 Å². The van der Waals surface area contributed by atoms with Crippen molar-refractivity contribution in [2.75, 3.05) is 0 Å². The number of carbonyl (C=O) groups is 3. The summed E-state index contributed by atoms with van der Waals surface area (Å²) in [4.78, 5) is 32.0. The molecule has 0 rings (SSSR count). The number of nitrogens with one attached hydrogen (secondary N) is 1. The predicted molar refractivity (Wildman–Crippen MR) is 56.0 cm³/mol. The summed E-state index contributed by atoms with van der Waals surface area (Å²) in [5.41, 5.74) is 0. The molecule has 0 aromatic rings. The average molecular weight is 231 g/mol. The zero-order chi connectivity index (χ0) is 12.6. The Morgan fingerprint density at radius 2 is 1.69 bits per heavy atom. The van der Waals surface area contributed by atoms with Crippen molar-refractivity contribution in [1.82, 2.24) is 5.32 Å². The molecule has 3 N–H and O–H groups in total. The molecule has 16 heavy (non-hydrogen) atoms. The maximum absolute atomic E-state index is 11.2. The molecule has 1 atom stereocenters. The van der Waals surface area contributed by atoms with Gasteiger partial charge in [-0.15, -0.1) is 0 Å². The Hall–Kier alpha value is -1.59. The maximum atomic E-state index is 11.2. The van der Waals surface area contributed by atoms with E-state index < -0.39 is 18.0 Å². The number of carbonyl (C=O) groups excluding carboxylic acids is 1. The van der Waals surface area contributed by atoms with Crippen molar-refractivity contribution in [3.63, 3.8) is 0 Å². The van der Waals surface area contributed by atoms with Crippen molar-refractivity contribution in [3.8, 4) is 0 Å². The van der Waals surface area contributed by atoms with Crippen molar-refractivity contribution < 1.29 is 24.6 Å². The van der Waals surface area contributed by atoms with E-state index in [0.717, 1.165) is 0 Å². The van der Waals surface area contributed by atoms with Gasteiger partial charge >= 0.3 is 11.9 Å². The molecule has 0 aromatic heterocycles. The van der Waals surface area contributed by atoms with Crippen LogP contribution in [0.2, 0.25) is 0 Å². The fourth-order valence-corrected chi connectivity index (χ4v) is 1.17. The standard InChI is InChI=1S/C10H17NO5/c1-2-7(10(15)16)11-8(12)5-3-4-6-9(13)14/h7H,2-6H2,1H3,(H,11,12)(H,13,14)(H,15,16). The molecule has 1 unspecified atom stereocenters. The second kappa shape index (κ2) is 7.67. The molecule has 0 bridgehead atoms. The summed E-state index contributed by atoms with van der Waals surface area (Å²) in [6.07, 6.45) is 1.40. The first-order valence-electron chi connectivity index (χ1n) is 5.21. The zero-order valence-corrected chi connectivity index (χ0v) is 9.23. The van der Waals surface area contributed by atoms with E-state index in [9.17, 15) is 14.4 Å². The Balaban J connectivity index is 3.73. The smallest absolute Gasteiger partial charge is 0.326 e. The van der Waals surface area contributed by atoms with Gasteiger partial charge in [0.15, 0.2) is 0 Å². The van der Waals surface area contributed by atoms with E-state index in [1.54, 1.807) is 6.92 Å². The van der Waals surface area contributed by atoms with Gasteiger partial charge in [-0.25, -0.2) is 4.79 Å². The molecule has 0 aliphatic heterocycles. The van der Waals surface area contributed by atoms with Crippen LogP contribution >= 0.6 is 0 Å². The van der Waals surface area contributed by atoms with Crippen LogP contribution in [-0.4, -0.2) is 34.1 Å². The lowest BCUT2D eigenvalue weighted by Gasteiger charge is -2.11. The first-order valence-corrected chi connectivity index (χ1v) is 5.21. The van der Waals surface area contributed by atoms with Crippen LogP contribution in [0.1, 0.15) is 39.0 Å². The number of rotatable bonds is 8. The van der Waals surface area contributed by atoms with Crippen LogP contribution in [0.4, 0.5) is 0 Å². The number of hydrogen-bond donors (Lipinski definition) is 3. The van der Waals surface area contributed by atoms with Gasteiger partial charge in [-0.05, 0) is 19.3 Å². The van der Waals surface area contributed by atoms with Crippen LogP contribution < -0.4 is 5.32 Å². The van der Waals surface area contributed by atoms with Gasteiger partial charge in [-0.2, -0.15) is 0 Å². The number of hydrogen-bond acceptors (Lipinski definition) is 3. The van der Waals surface area contributed by atoms with Gasteiger partial charge in [0.1, 0.15) is 6.04 Å². The molecule has 0 fully saturated rings. The third-order valence-electron chi connectivity index (χ3n) is 2.09. The van der Waals surface area contributed by atoms with Crippen LogP contribution in [0.15, 0.2) is 0 Å². The molecule has 6 nitrogen and oxygen atoms in total. The van der Waals surface area contributed by atoms with Crippen molar-refractivity contribution >= 4 is 17.8 Å². The van der Waals surface area contributed by atoms with E-state index in [2.05, 4.69) is 5.32 Å². The van der Waals surface area contributed by atoms with E-state index in [4.69, 9.17) is 10.2 Å². The molecule has 92 valence electrons. The SMILES string of the molecule is CCC(NC(=O)CCCCC(=O)O)C(=O)O. The molecule has 0 saturated heterocycles. The van der Waals surface area contributed by atoms with Crippen molar-refractivity contribution in [1.29, 1.82) is 0 Å². The van der Waals surface area contributed by atoms with Crippen LogP contribution in [0.5, 0.6) is 0 Å². The summed E-state index contributed by atoms with van der Waals surface area (Å²) in [5, 5.41) is 19.4. The van der Waals surface area contributed by atoms with Gasteiger partial charge in [-0.3, -0.25) is 9.59 Å². The summed E-state index contributed by atoms with van der Waals surface area (Å²) in [6, 6.07) is -0.855. The molecular weight excluding hydrogens is 214 g/mol. The molecule has 0 aliphatic carbocycles. The first kappa shape index (κ1) is 14.4. The topological polar surface area (TPSA) is 104 Å². The van der Waals surface area contributed by atoms with Crippen molar-refractivity contribution in [3.05, 3.63) is 0 Å². The van der Waals surface area contributed by atoms with Gasteiger partial charge < -0.3 is 15.5 Å². The lowest BCUT2D eigenvalue weighted by atomic mass is 10.1. The Labute approximate surface area is 93.6 Å². The predicted octanol–water partition coefficient (Wildman–Crippen LogP) is 0.611. The quantitative estimate of drug-likeness (QED) is 0.531. The minimum Gasteiger partial charge on any atom is -0.481 e. The lowest BCUT2D eigenvalue weighted by Crippen LogP contribution is -2.40. The fraction of sp³-hybridized carbons (Fsp3) is 0.700. The van der Waals surface area contributed by atoms with E-state index >= 15 is 0 Å². The fourth-order valence-electron chi connectivity index (χ4n) is 1.17. The highest BCUT2D eigenvalue weighted by molar-refractivity contribution is 5.83. The van der Waals surface area contributed by atoms with Crippen LogP contribution in [0.25, 0.3) is 0 Å². The van der Waals surface area contributed by atoms with E-state index in [0.29, 0.717) is 19.3 Å². The molecule has 0 aliphatic rings. The summed E-state index contributed by atoms with van der Waals surface area (Å²) >= 11 is 0. The zero-order valence-electron chi connectivity index (χ0n) is 9.23.